The molecule has 1 N–H and O–H groups in total. The van der Waals surface area contributed by atoms with Gasteiger partial charge >= 0.3 is 0 Å². The van der Waals surface area contributed by atoms with Crippen LogP contribution in [0.2, 0.25) is 0 Å². The minimum absolute atomic E-state index is 0.105. The average Bonchev–Trinajstić information content (AvgIpc) is 3.08. The van der Waals surface area contributed by atoms with Crippen LogP contribution in [0.25, 0.3) is 0 Å². The molecule has 6 heteroatoms. The summed E-state index contributed by atoms with van der Waals surface area (Å²) in [6.07, 6.45) is 5.13. The molecule has 21 heavy (non-hydrogen) atoms. The summed E-state index contributed by atoms with van der Waals surface area (Å²) in [6.45, 7) is 2.99. The Labute approximate surface area is 125 Å². The Bertz CT molecular complexity index is 494. The molecule has 0 amide bonds. The van der Waals surface area contributed by atoms with E-state index in [9.17, 15) is 5.11 Å². The lowest BCUT2D eigenvalue weighted by Crippen LogP contribution is -2.43. The smallest absolute Gasteiger partial charge is 0.244 e. The van der Waals surface area contributed by atoms with Crippen LogP contribution < -0.4 is 0 Å². The lowest BCUT2D eigenvalue weighted by molar-refractivity contribution is 0.0880. The number of piperidine rings is 1. The molecule has 3 heterocycles. The fraction of sp³-hybridized carbons (Fsp3) is 0.867. The Kier molecular flexibility index (Phi) is 3.47. The highest BCUT2D eigenvalue weighted by atomic mass is 16.5. The van der Waals surface area contributed by atoms with E-state index in [4.69, 9.17) is 4.52 Å². The quantitative estimate of drug-likeness (QED) is 0.901. The van der Waals surface area contributed by atoms with Gasteiger partial charge in [-0.3, -0.25) is 4.90 Å². The van der Waals surface area contributed by atoms with Gasteiger partial charge in [-0.2, -0.15) is 4.98 Å². The van der Waals surface area contributed by atoms with Gasteiger partial charge < -0.3 is 14.5 Å². The fourth-order valence-electron chi connectivity index (χ4n) is 3.70. The third kappa shape index (κ3) is 2.72. The van der Waals surface area contributed by atoms with Crippen molar-refractivity contribution in [3.8, 4) is 0 Å². The SMILES string of the molecule is CN1CCC(N2CC(O)CC2c2nc(C3CC3)no2)CC1. The van der Waals surface area contributed by atoms with E-state index in [1.54, 1.807) is 0 Å². The number of hydrogen-bond donors (Lipinski definition) is 1. The van der Waals surface area contributed by atoms with Gasteiger partial charge in [0.1, 0.15) is 0 Å². The monoisotopic (exact) mass is 292 g/mol. The van der Waals surface area contributed by atoms with E-state index >= 15 is 0 Å². The van der Waals surface area contributed by atoms with Gasteiger partial charge in [0.05, 0.1) is 12.1 Å². The molecule has 116 valence electrons. The molecule has 0 aromatic carbocycles. The molecule has 2 saturated heterocycles. The number of β-amino-alcohol motifs (C(OH)–C–C–N with tert-alkyl or cyclic N) is 1. The minimum atomic E-state index is -0.272. The molecule has 6 nitrogen and oxygen atoms in total. The summed E-state index contributed by atoms with van der Waals surface area (Å²) < 4.78 is 5.52. The van der Waals surface area contributed by atoms with Gasteiger partial charge in [0, 0.05) is 18.5 Å². The number of aromatic nitrogens is 2. The maximum Gasteiger partial charge on any atom is 0.244 e. The standard InChI is InChI=1S/C15H24N4O2/c1-18-6-4-11(5-7-18)19-9-12(20)8-13(19)15-16-14(17-21-15)10-2-3-10/h10-13,20H,2-9H2,1H3. The second kappa shape index (κ2) is 5.34. The van der Waals surface area contributed by atoms with Crippen molar-refractivity contribution in [1.29, 1.82) is 0 Å². The molecule has 3 aliphatic rings. The fourth-order valence-corrected chi connectivity index (χ4v) is 3.70. The highest BCUT2D eigenvalue weighted by Crippen LogP contribution is 2.40. The molecule has 2 atom stereocenters. The van der Waals surface area contributed by atoms with Crippen molar-refractivity contribution < 1.29 is 9.63 Å². The van der Waals surface area contributed by atoms with Crippen molar-refractivity contribution in [3.05, 3.63) is 11.7 Å². The van der Waals surface area contributed by atoms with E-state index in [0.717, 1.165) is 44.7 Å². The molecule has 4 rings (SSSR count). The van der Waals surface area contributed by atoms with Crippen LogP contribution in [0, 0.1) is 0 Å². The van der Waals surface area contributed by atoms with Crippen LogP contribution in [0.4, 0.5) is 0 Å². The Hall–Kier alpha value is -0.980. The van der Waals surface area contributed by atoms with Gasteiger partial charge in [0.2, 0.25) is 5.89 Å². The summed E-state index contributed by atoms with van der Waals surface area (Å²) >= 11 is 0. The van der Waals surface area contributed by atoms with Crippen LogP contribution in [0.1, 0.15) is 55.8 Å². The lowest BCUT2D eigenvalue weighted by atomic mass is 10.0. The van der Waals surface area contributed by atoms with Crippen LogP contribution in [0.5, 0.6) is 0 Å². The summed E-state index contributed by atoms with van der Waals surface area (Å²) in [5.41, 5.74) is 0. The summed E-state index contributed by atoms with van der Waals surface area (Å²) in [7, 11) is 2.17. The maximum absolute atomic E-state index is 10.1. The van der Waals surface area contributed by atoms with Crippen LogP contribution >= 0.6 is 0 Å². The average molecular weight is 292 g/mol. The third-order valence-corrected chi connectivity index (χ3v) is 5.16. The van der Waals surface area contributed by atoms with E-state index in [0.29, 0.717) is 17.9 Å². The normalized spacial score (nSPS) is 32.9. The van der Waals surface area contributed by atoms with Crippen molar-refractivity contribution in [1.82, 2.24) is 19.9 Å². The van der Waals surface area contributed by atoms with Crippen LogP contribution in [0.15, 0.2) is 4.52 Å². The van der Waals surface area contributed by atoms with Gasteiger partial charge in [-0.1, -0.05) is 5.16 Å². The van der Waals surface area contributed by atoms with Crippen LogP contribution in [-0.4, -0.2) is 63.9 Å². The summed E-state index contributed by atoms with van der Waals surface area (Å²) in [5.74, 6) is 2.10. The third-order valence-electron chi connectivity index (χ3n) is 5.16. The first-order valence-corrected chi connectivity index (χ1v) is 8.16. The molecule has 1 saturated carbocycles. The van der Waals surface area contributed by atoms with Gasteiger partial charge in [0.25, 0.3) is 0 Å². The summed E-state index contributed by atoms with van der Waals surface area (Å²) in [4.78, 5) is 9.38. The molecule has 2 unspecified atom stereocenters. The number of rotatable bonds is 3. The van der Waals surface area contributed by atoms with Crippen LogP contribution in [-0.2, 0) is 0 Å². The summed E-state index contributed by atoms with van der Waals surface area (Å²) in [6, 6.07) is 0.632. The molecule has 3 fully saturated rings. The molecule has 1 aromatic rings. The topological polar surface area (TPSA) is 65.6 Å². The predicted molar refractivity (Wildman–Crippen MR) is 76.9 cm³/mol. The molecule has 0 radical (unpaired) electrons. The van der Waals surface area contributed by atoms with Gasteiger partial charge in [-0.05, 0) is 52.2 Å². The van der Waals surface area contributed by atoms with Crippen molar-refractivity contribution in [2.75, 3.05) is 26.7 Å². The van der Waals surface area contributed by atoms with E-state index in [-0.39, 0.29) is 12.1 Å². The molecule has 0 bridgehead atoms. The maximum atomic E-state index is 10.1. The zero-order valence-electron chi connectivity index (χ0n) is 12.6. The second-order valence-corrected chi connectivity index (χ2v) is 6.90. The lowest BCUT2D eigenvalue weighted by Gasteiger charge is -2.37. The number of aliphatic hydroxyl groups excluding tert-OH is 1. The van der Waals surface area contributed by atoms with Gasteiger partial charge in [0.15, 0.2) is 5.82 Å². The number of nitrogens with zero attached hydrogens (tertiary/aromatic N) is 4. The first-order chi connectivity index (χ1) is 10.2. The number of hydrogen-bond acceptors (Lipinski definition) is 6. The second-order valence-electron chi connectivity index (χ2n) is 6.90. The first kappa shape index (κ1) is 13.7. The largest absolute Gasteiger partial charge is 0.392 e. The van der Waals surface area contributed by atoms with E-state index in [2.05, 4.69) is 27.0 Å². The first-order valence-electron chi connectivity index (χ1n) is 8.16. The van der Waals surface area contributed by atoms with Gasteiger partial charge in [-0.15, -0.1) is 0 Å². The summed E-state index contributed by atoms with van der Waals surface area (Å²) in [5, 5.41) is 14.2. The Morgan fingerprint density at radius 1 is 1.19 bits per heavy atom. The molecule has 0 spiro atoms. The molecule has 2 aliphatic heterocycles. The Balaban J connectivity index is 1.51. The minimum Gasteiger partial charge on any atom is -0.392 e. The Morgan fingerprint density at radius 2 is 1.95 bits per heavy atom. The van der Waals surface area contributed by atoms with Crippen molar-refractivity contribution in [2.24, 2.45) is 0 Å². The molecular weight excluding hydrogens is 268 g/mol. The van der Waals surface area contributed by atoms with E-state index in [1.165, 1.54) is 12.8 Å². The molecule has 1 aliphatic carbocycles. The highest BCUT2D eigenvalue weighted by molar-refractivity contribution is 5.07. The van der Waals surface area contributed by atoms with Crippen molar-refractivity contribution in [2.45, 2.75) is 56.2 Å². The number of likely N-dealkylation sites (tertiary alicyclic amines) is 2. The molecule has 1 aromatic heterocycles. The zero-order chi connectivity index (χ0) is 14.4. The Morgan fingerprint density at radius 3 is 2.67 bits per heavy atom. The van der Waals surface area contributed by atoms with Gasteiger partial charge in [-0.25, -0.2) is 0 Å². The van der Waals surface area contributed by atoms with Crippen LogP contribution in [0.3, 0.4) is 0 Å². The molecular formula is C15H24N4O2. The predicted octanol–water partition coefficient (Wildman–Crippen LogP) is 1.15. The van der Waals surface area contributed by atoms with Crippen molar-refractivity contribution >= 4 is 0 Å². The number of aliphatic hydroxyl groups is 1. The van der Waals surface area contributed by atoms with E-state index < -0.39 is 0 Å². The van der Waals surface area contributed by atoms with Crippen molar-refractivity contribution in [3.63, 3.8) is 0 Å². The highest BCUT2D eigenvalue weighted by Gasteiger charge is 2.41. The van der Waals surface area contributed by atoms with E-state index in [1.807, 2.05) is 0 Å². The zero-order valence-corrected chi connectivity index (χ0v) is 12.6.